The molecule has 0 aliphatic rings. The summed E-state index contributed by atoms with van der Waals surface area (Å²) in [5.74, 6) is 0. The lowest BCUT2D eigenvalue weighted by molar-refractivity contribution is 0.725. The van der Waals surface area contributed by atoms with Crippen molar-refractivity contribution in [1.82, 2.24) is 0 Å². The van der Waals surface area contributed by atoms with Crippen molar-refractivity contribution in [1.29, 1.82) is 0 Å². The largest absolute Gasteiger partial charge is 0.399 e. The van der Waals surface area contributed by atoms with Crippen LogP contribution in [0.15, 0.2) is 36.4 Å². The number of rotatable bonds is 6. The van der Waals surface area contributed by atoms with Gasteiger partial charge in [-0.25, -0.2) is 0 Å². The zero-order valence-electron chi connectivity index (χ0n) is 13.6. The molecule has 22 heavy (non-hydrogen) atoms. The minimum Gasteiger partial charge on any atom is -0.399 e. The molecule has 1 atom stereocenters. The van der Waals surface area contributed by atoms with E-state index in [2.05, 4.69) is 29.7 Å². The van der Waals surface area contributed by atoms with E-state index in [0.29, 0.717) is 6.04 Å². The number of anilines is 4. The van der Waals surface area contributed by atoms with Gasteiger partial charge in [-0.05, 0) is 67.8 Å². The van der Waals surface area contributed by atoms with Gasteiger partial charge in [0.15, 0.2) is 0 Å². The Hall–Kier alpha value is -2.36. The first kappa shape index (κ1) is 16.0. The van der Waals surface area contributed by atoms with Crippen LogP contribution in [-0.4, -0.2) is 12.6 Å². The molecule has 0 amide bonds. The standard InChI is InChI=1S/C18H26N4/c1-4-14(22-16-6-8-18(20)13(3)10-16)11-21-15-5-7-17(19)12(2)9-15/h5-10,14,21-22H,4,11,19-20H2,1-3H3. The van der Waals surface area contributed by atoms with E-state index in [0.717, 1.165) is 46.8 Å². The van der Waals surface area contributed by atoms with E-state index in [9.17, 15) is 0 Å². The second-order valence-corrected chi connectivity index (χ2v) is 5.77. The molecule has 0 saturated heterocycles. The van der Waals surface area contributed by atoms with Gasteiger partial charge in [0, 0.05) is 35.3 Å². The van der Waals surface area contributed by atoms with Crippen LogP contribution in [0.2, 0.25) is 0 Å². The zero-order chi connectivity index (χ0) is 16.1. The van der Waals surface area contributed by atoms with Crippen molar-refractivity contribution in [3.63, 3.8) is 0 Å². The van der Waals surface area contributed by atoms with Crippen LogP contribution in [-0.2, 0) is 0 Å². The topological polar surface area (TPSA) is 76.1 Å². The number of benzene rings is 2. The van der Waals surface area contributed by atoms with Crippen LogP contribution in [0.5, 0.6) is 0 Å². The van der Waals surface area contributed by atoms with Crippen molar-refractivity contribution >= 4 is 22.7 Å². The van der Waals surface area contributed by atoms with Crippen LogP contribution in [0.4, 0.5) is 22.7 Å². The molecule has 0 aromatic heterocycles. The van der Waals surface area contributed by atoms with Crippen LogP contribution in [0.1, 0.15) is 24.5 Å². The van der Waals surface area contributed by atoms with E-state index in [1.807, 2.05) is 38.1 Å². The number of hydrogen-bond acceptors (Lipinski definition) is 4. The van der Waals surface area contributed by atoms with Gasteiger partial charge in [0.1, 0.15) is 0 Å². The normalized spacial score (nSPS) is 12.0. The van der Waals surface area contributed by atoms with E-state index in [-0.39, 0.29) is 0 Å². The summed E-state index contributed by atoms with van der Waals surface area (Å²) >= 11 is 0. The molecule has 6 N–H and O–H groups in total. The van der Waals surface area contributed by atoms with Crippen molar-refractivity contribution < 1.29 is 0 Å². The summed E-state index contributed by atoms with van der Waals surface area (Å²) in [4.78, 5) is 0. The highest BCUT2D eigenvalue weighted by Gasteiger charge is 2.07. The second-order valence-electron chi connectivity index (χ2n) is 5.77. The van der Waals surface area contributed by atoms with Crippen molar-refractivity contribution in [2.75, 3.05) is 28.6 Å². The molecule has 0 spiro atoms. The minimum atomic E-state index is 0.348. The van der Waals surface area contributed by atoms with E-state index >= 15 is 0 Å². The van der Waals surface area contributed by atoms with Crippen LogP contribution in [0, 0.1) is 13.8 Å². The predicted octanol–water partition coefficient (Wildman–Crippen LogP) is 3.77. The first-order valence-electron chi connectivity index (χ1n) is 7.72. The molecular formula is C18H26N4. The average molecular weight is 298 g/mol. The van der Waals surface area contributed by atoms with Gasteiger partial charge >= 0.3 is 0 Å². The summed E-state index contributed by atoms with van der Waals surface area (Å²) in [5, 5.41) is 7.02. The van der Waals surface area contributed by atoms with Gasteiger partial charge in [-0.15, -0.1) is 0 Å². The Morgan fingerprint density at radius 2 is 1.45 bits per heavy atom. The molecule has 4 nitrogen and oxygen atoms in total. The lowest BCUT2D eigenvalue weighted by Crippen LogP contribution is -2.27. The third-order valence-electron chi connectivity index (χ3n) is 3.96. The van der Waals surface area contributed by atoms with Gasteiger partial charge in [-0.3, -0.25) is 0 Å². The molecule has 2 rings (SSSR count). The number of hydrogen-bond donors (Lipinski definition) is 4. The van der Waals surface area contributed by atoms with E-state index in [1.165, 1.54) is 0 Å². The zero-order valence-corrected chi connectivity index (χ0v) is 13.6. The maximum atomic E-state index is 5.86. The van der Waals surface area contributed by atoms with Gasteiger partial charge in [0.25, 0.3) is 0 Å². The third-order valence-corrected chi connectivity index (χ3v) is 3.96. The Kier molecular flexibility index (Phi) is 5.15. The van der Waals surface area contributed by atoms with E-state index in [4.69, 9.17) is 11.5 Å². The molecule has 0 radical (unpaired) electrons. The quantitative estimate of drug-likeness (QED) is 0.612. The Labute approximate surface area is 132 Å². The van der Waals surface area contributed by atoms with Gasteiger partial charge in [0.2, 0.25) is 0 Å². The van der Waals surface area contributed by atoms with E-state index in [1.54, 1.807) is 0 Å². The summed E-state index contributed by atoms with van der Waals surface area (Å²) in [6.45, 7) is 7.07. The monoisotopic (exact) mass is 298 g/mol. The number of nitrogen functional groups attached to an aromatic ring is 2. The first-order valence-corrected chi connectivity index (χ1v) is 7.72. The highest BCUT2D eigenvalue weighted by Crippen LogP contribution is 2.19. The van der Waals surface area contributed by atoms with Gasteiger partial charge in [-0.1, -0.05) is 6.92 Å². The van der Waals surface area contributed by atoms with Crippen LogP contribution in [0.25, 0.3) is 0 Å². The van der Waals surface area contributed by atoms with Gasteiger partial charge in [-0.2, -0.15) is 0 Å². The van der Waals surface area contributed by atoms with Gasteiger partial charge in [0.05, 0.1) is 0 Å². The van der Waals surface area contributed by atoms with Crippen molar-refractivity contribution in [3.05, 3.63) is 47.5 Å². The van der Waals surface area contributed by atoms with Crippen LogP contribution < -0.4 is 22.1 Å². The molecule has 0 aliphatic heterocycles. The molecule has 0 fully saturated rings. The van der Waals surface area contributed by atoms with Crippen molar-refractivity contribution in [2.24, 2.45) is 0 Å². The van der Waals surface area contributed by atoms with Gasteiger partial charge < -0.3 is 22.1 Å². The smallest absolute Gasteiger partial charge is 0.0431 e. The van der Waals surface area contributed by atoms with Crippen LogP contribution >= 0.6 is 0 Å². The van der Waals surface area contributed by atoms with Crippen LogP contribution in [0.3, 0.4) is 0 Å². The molecule has 0 heterocycles. The SMILES string of the molecule is CCC(CNc1ccc(N)c(C)c1)Nc1ccc(N)c(C)c1. The highest BCUT2D eigenvalue weighted by molar-refractivity contribution is 5.58. The Morgan fingerprint density at radius 3 is 2.00 bits per heavy atom. The Morgan fingerprint density at radius 1 is 0.909 bits per heavy atom. The Bertz CT molecular complexity index is 637. The average Bonchev–Trinajstić information content (AvgIpc) is 2.50. The predicted molar refractivity (Wildman–Crippen MR) is 97.4 cm³/mol. The number of nitrogens with one attached hydrogen (secondary N) is 2. The summed E-state index contributed by atoms with van der Waals surface area (Å²) in [7, 11) is 0. The fraction of sp³-hybridized carbons (Fsp3) is 0.333. The molecule has 2 aromatic carbocycles. The summed E-state index contributed by atoms with van der Waals surface area (Å²) in [5.41, 5.74) is 17.8. The first-order chi connectivity index (χ1) is 10.5. The molecule has 4 heteroatoms. The molecule has 0 bridgehead atoms. The molecular weight excluding hydrogens is 272 g/mol. The lowest BCUT2D eigenvalue weighted by Gasteiger charge is -2.20. The minimum absolute atomic E-state index is 0.348. The maximum absolute atomic E-state index is 5.86. The van der Waals surface area contributed by atoms with Crippen molar-refractivity contribution in [3.8, 4) is 0 Å². The summed E-state index contributed by atoms with van der Waals surface area (Å²) in [6.07, 6.45) is 1.03. The maximum Gasteiger partial charge on any atom is 0.0431 e. The molecule has 118 valence electrons. The summed E-state index contributed by atoms with van der Waals surface area (Å²) < 4.78 is 0. The molecule has 0 saturated carbocycles. The number of aryl methyl sites for hydroxylation is 2. The second kappa shape index (κ2) is 7.07. The highest BCUT2D eigenvalue weighted by atomic mass is 15.0. The van der Waals surface area contributed by atoms with E-state index < -0.39 is 0 Å². The number of nitrogens with two attached hydrogens (primary N) is 2. The van der Waals surface area contributed by atoms with Crippen molar-refractivity contribution in [2.45, 2.75) is 33.2 Å². The molecule has 0 aliphatic carbocycles. The lowest BCUT2D eigenvalue weighted by atomic mass is 10.1. The third kappa shape index (κ3) is 4.07. The Balaban J connectivity index is 1.96. The fourth-order valence-corrected chi connectivity index (χ4v) is 2.33. The molecule has 1 unspecified atom stereocenters. The summed E-state index contributed by atoms with van der Waals surface area (Å²) in [6, 6.07) is 12.4. The fourth-order valence-electron chi connectivity index (χ4n) is 2.33. The molecule has 2 aromatic rings.